The maximum atomic E-state index is 13.2. The highest BCUT2D eigenvalue weighted by atomic mass is 35.5. The van der Waals surface area contributed by atoms with Crippen molar-refractivity contribution < 1.29 is 9.50 Å². The lowest BCUT2D eigenvalue weighted by molar-refractivity contribution is 0.179. The quantitative estimate of drug-likeness (QED) is 0.884. The highest BCUT2D eigenvalue weighted by molar-refractivity contribution is 7.16. The summed E-state index contributed by atoms with van der Waals surface area (Å²) in [6.45, 7) is 0. The molecule has 0 aliphatic carbocycles. The second-order valence-corrected chi connectivity index (χ2v) is 5.81. The highest BCUT2D eigenvalue weighted by Gasteiger charge is 2.12. The van der Waals surface area contributed by atoms with Gasteiger partial charge < -0.3 is 5.11 Å². The lowest BCUT2D eigenvalue weighted by Gasteiger charge is -2.10. The van der Waals surface area contributed by atoms with Crippen LogP contribution in [0.2, 0.25) is 9.36 Å². The molecule has 0 aliphatic heterocycles. The molecule has 2 aromatic rings. The van der Waals surface area contributed by atoms with E-state index in [4.69, 9.17) is 23.2 Å². The maximum absolute atomic E-state index is 13.2. The Kier molecular flexibility index (Phi) is 4.05. The highest BCUT2D eigenvalue weighted by Crippen LogP contribution is 2.27. The summed E-state index contributed by atoms with van der Waals surface area (Å²) in [6.07, 6.45) is -0.338. The van der Waals surface area contributed by atoms with E-state index in [1.807, 2.05) is 6.07 Å². The van der Waals surface area contributed by atoms with Crippen molar-refractivity contribution in [2.75, 3.05) is 0 Å². The molecule has 2 rings (SSSR count). The van der Waals surface area contributed by atoms with Crippen molar-refractivity contribution >= 4 is 34.5 Å². The summed E-state index contributed by atoms with van der Waals surface area (Å²) < 4.78 is 13.9. The minimum absolute atomic E-state index is 0.0557. The number of thiophene rings is 1. The van der Waals surface area contributed by atoms with Gasteiger partial charge in [-0.05, 0) is 29.8 Å². The number of hydrogen-bond donors (Lipinski definition) is 1. The van der Waals surface area contributed by atoms with Crippen molar-refractivity contribution in [2.45, 2.75) is 12.5 Å². The predicted octanol–water partition coefficient (Wildman–Crippen LogP) is 4.47. The minimum atomic E-state index is -0.753. The Morgan fingerprint density at radius 1 is 1.24 bits per heavy atom. The molecule has 17 heavy (non-hydrogen) atoms. The van der Waals surface area contributed by atoms with Crippen molar-refractivity contribution in [3.63, 3.8) is 0 Å². The summed E-state index contributed by atoms with van der Waals surface area (Å²) in [4.78, 5) is 0.956. The van der Waals surface area contributed by atoms with E-state index in [0.717, 1.165) is 4.88 Å². The SMILES string of the molecule is OC(Cc1ccc(Cl)s1)c1ccc(Cl)c(F)c1. The van der Waals surface area contributed by atoms with Gasteiger partial charge in [-0.25, -0.2) is 4.39 Å². The Hall–Kier alpha value is -0.610. The summed E-state index contributed by atoms with van der Waals surface area (Å²) >= 11 is 12.8. The van der Waals surface area contributed by atoms with E-state index in [2.05, 4.69) is 0 Å². The van der Waals surface area contributed by atoms with Crippen LogP contribution in [0, 0.1) is 5.82 Å². The van der Waals surface area contributed by atoms with Crippen LogP contribution in [0.15, 0.2) is 30.3 Å². The van der Waals surface area contributed by atoms with Crippen LogP contribution < -0.4 is 0 Å². The Balaban J connectivity index is 2.14. The zero-order chi connectivity index (χ0) is 12.4. The zero-order valence-corrected chi connectivity index (χ0v) is 11.0. The first-order valence-corrected chi connectivity index (χ1v) is 6.51. The number of aliphatic hydroxyl groups excluding tert-OH is 1. The molecule has 1 aromatic carbocycles. The second-order valence-electron chi connectivity index (χ2n) is 3.60. The molecule has 90 valence electrons. The van der Waals surface area contributed by atoms with Crippen molar-refractivity contribution in [3.05, 3.63) is 55.9 Å². The molecule has 5 heteroatoms. The zero-order valence-electron chi connectivity index (χ0n) is 8.66. The molecule has 0 saturated heterocycles. The smallest absolute Gasteiger partial charge is 0.142 e. The van der Waals surface area contributed by atoms with Gasteiger partial charge in [0.15, 0.2) is 0 Å². The standard InChI is InChI=1S/C12H9Cl2FOS/c13-9-3-1-7(5-10(9)15)11(16)6-8-2-4-12(14)17-8/h1-5,11,16H,6H2. The topological polar surface area (TPSA) is 20.2 Å². The third-order valence-electron chi connectivity index (χ3n) is 2.35. The molecule has 0 saturated carbocycles. The number of rotatable bonds is 3. The first-order chi connectivity index (χ1) is 8.06. The molecule has 0 fully saturated rings. The van der Waals surface area contributed by atoms with Crippen molar-refractivity contribution in [1.29, 1.82) is 0 Å². The van der Waals surface area contributed by atoms with E-state index >= 15 is 0 Å². The van der Waals surface area contributed by atoms with Crippen molar-refractivity contribution in [1.82, 2.24) is 0 Å². The van der Waals surface area contributed by atoms with Crippen molar-refractivity contribution in [3.8, 4) is 0 Å². The third kappa shape index (κ3) is 3.19. The van der Waals surface area contributed by atoms with Gasteiger partial charge in [-0.15, -0.1) is 11.3 Å². The van der Waals surface area contributed by atoms with E-state index in [9.17, 15) is 9.50 Å². The Bertz CT molecular complexity index is 527. The first-order valence-electron chi connectivity index (χ1n) is 4.93. The van der Waals surface area contributed by atoms with Crippen LogP contribution in [-0.4, -0.2) is 5.11 Å². The van der Waals surface area contributed by atoms with Gasteiger partial charge in [0.05, 0.1) is 15.5 Å². The lowest BCUT2D eigenvalue weighted by atomic mass is 10.1. The molecule has 1 unspecified atom stereocenters. The molecule has 1 N–H and O–H groups in total. The van der Waals surface area contributed by atoms with Gasteiger partial charge in [0.2, 0.25) is 0 Å². The molecule has 0 amide bonds. The second kappa shape index (κ2) is 5.36. The van der Waals surface area contributed by atoms with Gasteiger partial charge in [-0.3, -0.25) is 0 Å². The fraction of sp³-hybridized carbons (Fsp3) is 0.167. The Morgan fingerprint density at radius 3 is 2.59 bits per heavy atom. The van der Waals surface area contributed by atoms with Gasteiger partial charge in [0, 0.05) is 11.3 Å². The largest absolute Gasteiger partial charge is 0.388 e. The number of benzene rings is 1. The predicted molar refractivity (Wildman–Crippen MR) is 69.4 cm³/mol. The van der Waals surface area contributed by atoms with Gasteiger partial charge in [0.25, 0.3) is 0 Å². The summed E-state index contributed by atoms with van der Waals surface area (Å²) in [5, 5.41) is 10.0. The van der Waals surface area contributed by atoms with Crippen LogP contribution in [-0.2, 0) is 6.42 Å². The summed E-state index contributed by atoms with van der Waals surface area (Å²) in [5.74, 6) is -0.521. The molecule has 1 aromatic heterocycles. The summed E-state index contributed by atoms with van der Waals surface area (Å²) in [6, 6.07) is 7.93. The monoisotopic (exact) mass is 290 g/mol. The van der Waals surface area contributed by atoms with Gasteiger partial charge in [0.1, 0.15) is 5.82 Å². The molecular formula is C12H9Cl2FOS. The normalized spacial score (nSPS) is 12.7. The van der Waals surface area contributed by atoms with Crippen LogP contribution >= 0.6 is 34.5 Å². The van der Waals surface area contributed by atoms with Gasteiger partial charge in [-0.2, -0.15) is 0 Å². The molecule has 0 aliphatic rings. The molecule has 1 heterocycles. The fourth-order valence-electron chi connectivity index (χ4n) is 1.49. The minimum Gasteiger partial charge on any atom is -0.388 e. The number of halogens is 3. The van der Waals surface area contributed by atoms with Crippen LogP contribution in [0.1, 0.15) is 16.5 Å². The fourth-order valence-corrected chi connectivity index (χ4v) is 2.73. The molecule has 0 spiro atoms. The average Bonchev–Trinajstić information content (AvgIpc) is 2.68. The number of hydrogen-bond acceptors (Lipinski definition) is 2. The van der Waals surface area contributed by atoms with Gasteiger partial charge in [-0.1, -0.05) is 29.3 Å². The van der Waals surface area contributed by atoms with Crippen LogP contribution in [0.4, 0.5) is 4.39 Å². The van der Waals surface area contributed by atoms with E-state index in [0.29, 0.717) is 16.3 Å². The van der Waals surface area contributed by atoms with Crippen LogP contribution in [0.5, 0.6) is 0 Å². The lowest BCUT2D eigenvalue weighted by Crippen LogP contribution is -2.01. The first kappa shape index (κ1) is 12.8. The molecule has 1 atom stereocenters. The summed E-state index contributed by atoms with van der Waals surface area (Å²) in [7, 11) is 0. The Labute approximate surface area is 112 Å². The van der Waals surface area contributed by atoms with E-state index < -0.39 is 11.9 Å². The third-order valence-corrected chi connectivity index (χ3v) is 3.91. The number of aliphatic hydroxyl groups is 1. The van der Waals surface area contributed by atoms with Crippen LogP contribution in [0.25, 0.3) is 0 Å². The molecule has 0 radical (unpaired) electrons. The van der Waals surface area contributed by atoms with Crippen molar-refractivity contribution in [2.24, 2.45) is 0 Å². The maximum Gasteiger partial charge on any atom is 0.142 e. The molecule has 1 nitrogen and oxygen atoms in total. The van der Waals surface area contributed by atoms with E-state index in [1.165, 1.54) is 23.5 Å². The Morgan fingerprint density at radius 2 is 2.00 bits per heavy atom. The van der Waals surface area contributed by atoms with E-state index in [-0.39, 0.29) is 5.02 Å². The molecular weight excluding hydrogens is 282 g/mol. The molecule has 0 bridgehead atoms. The average molecular weight is 291 g/mol. The van der Waals surface area contributed by atoms with Crippen LogP contribution in [0.3, 0.4) is 0 Å². The summed E-state index contributed by atoms with van der Waals surface area (Å²) in [5.41, 5.74) is 0.511. The van der Waals surface area contributed by atoms with Gasteiger partial charge >= 0.3 is 0 Å². The van der Waals surface area contributed by atoms with E-state index in [1.54, 1.807) is 12.1 Å².